The average molecular weight is 270 g/mol. The second-order valence-corrected chi connectivity index (χ2v) is 4.55. The van der Waals surface area contributed by atoms with Crippen LogP contribution in [0.1, 0.15) is 25.3 Å². The number of hydrogen-bond acceptors (Lipinski definition) is 3. The Hall–Kier alpha value is -1.26. The lowest BCUT2D eigenvalue weighted by molar-refractivity contribution is 0.301. The van der Waals surface area contributed by atoms with Crippen molar-refractivity contribution in [2.45, 2.75) is 19.8 Å². The van der Waals surface area contributed by atoms with E-state index in [-0.39, 0.29) is 12.4 Å². The zero-order valence-electron chi connectivity index (χ0n) is 10.6. The molecule has 1 rings (SSSR count). The average Bonchev–Trinajstić information content (AvgIpc) is 2.33. The lowest BCUT2D eigenvalue weighted by Crippen LogP contribution is -2.27. The van der Waals surface area contributed by atoms with Gasteiger partial charge in [0.25, 0.3) is 0 Å². The predicted octanol–water partition coefficient (Wildman–Crippen LogP) is 2.22. The molecule has 0 saturated heterocycles. The van der Waals surface area contributed by atoms with Crippen LogP contribution in [-0.4, -0.2) is 30.6 Å². The summed E-state index contributed by atoms with van der Waals surface area (Å²) in [6.07, 6.45) is 2.16. The summed E-state index contributed by atoms with van der Waals surface area (Å²) in [5.74, 6) is -0.0335. The molecule has 0 bridgehead atoms. The Morgan fingerprint density at radius 1 is 1.44 bits per heavy atom. The fourth-order valence-electron chi connectivity index (χ4n) is 1.76. The van der Waals surface area contributed by atoms with Gasteiger partial charge in [0, 0.05) is 24.3 Å². The van der Waals surface area contributed by atoms with E-state index in [1.54, 1.807) is 12.1 Å². The molecule has 0 spiro atoms. The molecule has 0 heterocycles. The van der Waals surface area contributed by atoms with Gasteiger partial charge in [-0.2, -0.15) is 0 Å². The minimum Gasteiger partial charge on any atom is -0.395 e. The molecule has 0 aliphatic carbocycles. The van der Waals surface area contributed by atoms with Crippen molar-refractivity contribution in [2.24, 2.45) is 5.73 Å². The van der Waals surface area contributed by atoms with Crippen LogP contribution in [-0.2, 0) is 0 Å². The van der Waals surface area contributed by atoms with Crippen molar-refractivity contribution >= 4 is 23.1 Å². The van der Waals surface area contributed by atoms with Crippen molar-refractivity contribution in [1.82, 2.24) is 0 Å². The number of aliphatic hydroxyl groups excluding tert-OH is 1. The predicted molar refractivity (Wildman–Crippen MR) is 76.7 cm³/mol. The van der Waals surface area contributed by atoms with Crippen molar-refractivity contribution < 1.29 is 5.11 Å². The summed E-state index contributed by atoms with van der Waals surface area (Å²) < 4.78 is 0. The summed E-state index contributed by atoms with van der Waals surface area (Å²) in [4.78, 5) is 2.08. The Balaban J connectivity index is 2.91. The van der Waals surface area contributed by atoms with Crippen molar-refractivity contribution in [3.05, 3.63) is 28.8 Å². The number of aliphatic hydroxyl groups is 1. The third kappa shape index (κ3) is 3.89. The number of anilines is 1. The molecule has 0 saturated carbocycles. The maximum absolute atomic E-state index is 9.08. The van der Waals surface area contributed by atoms with Gasteiger partial charge >= 0.3 is 0 Å². The van der Waals surface area contributed by atoms with Gasteiger partial charge in [-0.1, -0.05) is 24.9 Å². The molecule has 4 nitrogen and oxygen atoms in total. The minimum absolute atomic E-state index is 0.0335. The van der Waals surface area contributed by atoms with Crippen LogP contribution in [0.5, 0.6) is 0 Å². The maximum Gasteiger partial charge on any atom is 0.124 e. The van der Waals surface area contributed by atoms with Crippen LogP contribution < -0.4 is 10.6 Å². The first-order valence-electron chi connectivity index (χ1n) is 6.10. The molecule has 0 aliphatic heterocycles. The number of rotatable bonds is 7. The van der Waals surface area contributed by atoms with Crippen molar-refractivity contribution in [3.8, 4) is 0 Å². The highest BCUT2D eigenvalue weighted by atomic mass is 35.5. The number of nitrogens with zero attached hydrogens (tertiary/aromatic N) is 1. The smallest absolute Gasteiger partial charge is 0.124 e. The summed E-state index contributed by atoms with van der Waals surface area (Å²) in [5, 5.41) is 16.9. The topological polar surface area (TPSA) is 73.3 Å². The third-order valence-corrected chi connectivity index (χ3v) is 3.07. The van der Waals surface area contributed by atoms with Gasteiger partial charge in [0.15, 0.2) is 0 Å². The third-order valence-electron chi connectivity index (χ3n) is 2.76. The highest BCUT2D eigenvalue weighted by Gasteiger charge is 2.09. The van der Waals surface area contributed by atoms with Gasteiger partial charge < -0.3 is 15.7 Å². The van der Waals surface area contributed by atoms with Crippen molar-refractivity contribution in [2.75, 3.05) is 24.6 Å². The molecule has 0 amide bonds. The van der Waals surface area contributed by atoms with Gasteiger partial charge in [0.2, 0.25) is 0 Å². The molecule has 5 heteroatoms. The number of nitrogens with two attached hydrogens (primary N) is 1. The molecule has 0 aliphatic rings. The Morgan fingerprint density at radius 2 is 2.17 bits per heavy atom. The number of nitrogens with one attached hydrogen (secondary N) is 1. The summed E-state index contributed by atoms with van der Waals surface area (Å²) in [6, 6.07) is 5.42. The fourth-order valence-corrected chi connectivity index (χ4v) is 2.04. The Kier molecular flexibility index (Phi) is 5.95. The van der Waals surface area contributed by atoms with Crippen molar-refractivity contribution in [1.29, 1.82) is 5.41 Å². The number of nitrogen functional groups attached to an aromatic ring is 1. The Morgan fingerprint density at radius 3 is 2.67 bits per heavy atom. The molecule has 0 unspecified atom stereocenters. The number of amidine groups is 1. The fraction of sp³-hybridized carbons (Fsp3) is 0.462. The molecule has 1 aromatic rings. The van der Waals surface area contributed by atoms with E-state index in [0.717, 1.165) is 25.1 Å². The van der Waals surface area contributed by atoms with Crippen LogP contribution in [0, 0.1) is 5.41 Å². The largest absolute Gasteiger partial charge is 0.395 e. The second kappa shape index (κ2) is 7.24. The normalized spacial score (nSPS) is 10.4. The lowest BCUT2D eigenvalue weighted by Gasteiger charge is -2.24. The van der Waals surface area contributed by atoms with Gasteiger partial charge in [-0.25, -0.2) is 0 Å². The molecule has 4 N–H and O–H groups in total. The maximum atomic E-state index is 9.08. The van der Waals surface area contributed by atoms with Crippen molar-refractivity contribution in [3.63, 3.8) is 0 Å². The van der Waals surface area contributed by atoms with Gasteiger partial charge in [-0.3, -0.25) is 5.41 Å². The molecule has 0 fully saturated rings. The molecule has 18 heavy (non-hydrogen) atoms. The quantitative estimate of drug-likeness (QED) is 0.525. The van der Waals surface area contributed by atoms with E-state index in [1.807, 2.05) is 6.07 Å². The molecule has 1 aromatic carbocycles. The number of halogens is 1. The highest BCUT2D eigenvalue weighted by Crippen LogP contribution is 2.23. The zero-order chi connectivity index (χ0) is 13.5. The zero-order valence-corrected chi connectivity index (χ0v) is 11.4. The van der Waals surface area contributed by atoms with E-state index >= 15 is 0 Å². The number of benzene rings is 1. The standard InChI is InChI=1S/C13H20ClN3O/c1-2-3-6-17(7-8-18)10-4-5-11(13(15)16)12(14)9-10/h4-5,9,18H,2-3,6-8H2,1H3,(H3,15,16). The summed E-state index contributed by atoms with van der Waals surface area (Å²) in [7, 11) is 0. The number of hydrogen-bond donors (Lipinski definition) is 3. The van der Waals surface area contributed by atoms with E-state index < -0.39 is 0 Å². The van der Waals surface area contributed by atoms with Crippen LogP contribution >= 0.6 is 11.6 Å². The van der Waals surface area contributed by atoms with Gasteiger partial charge in [0.05, 0.1) is 11.6 Å². The Bertz CT molecular complexity index is 409. The van der Waals surface area contributed by atoms with E-state index in [2.05, 4.69) is 11.8 Å². The van der Waals surface area contributed by atoms with E-state index in [4.69, 9.17) is 27.9 Å². The molecular weight excluding hydrogens is 250 g/mol. The summed E-state index contributed by atoms with van der Waals surface area (Å²) >= 11 is 6.09. The first kappa shape index (κ1) is 14.8. The summed E-state index contributed by atoms with van der Waals surface area (Å²) in [6.45, 7) is 3.70. The number of unbranched alkanes of at least 4 members (excludes halogenated alkanes) is 1. The first-order chi connectivity index (χ1) is 8.60. The van der Waals surface area contributed by atoms with Crippen LogP contribution in [0.4, 0.5) is 5.69 Å². The van der Waals surface area contributed by atoms with Crippen LogP contribution in [0.2, 0.25) is 5.02 Å². The monoisotopic (exact) mass is 269 g/mol. The van der Waals surface area contributed by atoms with Crippen LogP contribution in [0.25, 0.3) is 0 Å². The van der Waals surface area contributed by atoms with Gasteiger partial charge in [-0.05, 0) is 24.6 Å². The Labute approximate surface area is 113 Å². The SMILES string of the molecule is CCCCN(CCO)c1ccc(C(=N)N)c(Cl)c1. The van der Waals surface area contributed by atoms with Gasteiger partial charge in [0.1, 0.15) is 5.84 Å². The molecule has 0 atom stereocenters. The van der Waals surface area contributed by atoms with Crippen LogP contribution in [0.3, 0.4) is 0 Å². The van der Waals surface area contributed by atoms with E-state index in [0.29, 0.717) is 17.1 Å². The highest BCUT2D eigenvalue weighted by molar-refractivity contribution is 6.34. The lowest BCUT2D eigenvalue weighted by atomic mass is 10.1. The summed E-state index contributed by atoms with van der Waals surface area (Å²) in [5.41, 5.74) is 6.92. The second-order valence-electron chi connectivity index (χ2n) is 4.14. The molecule has 0 aromatic heterocycles. The van der Waals surface area contributed by atoms with E-state index in [9.17, 15) is 0 Å². The molecular formula is C13H20ClN3O. The molecule has 0 radical (unpaired) electrons. The molecule has 100 valence electrons. The minimum atomic E-state index is -0.0335. The van der Waals surface area contributed by atoms with Gasteiger partial charge in [-0.15, -0.1) is 0 Å². The van der Waals surface area contributed by atoms with Crippen LogP contribution in [0.15, 0.2) is 18.2 Å². The first-order valence-corrected chi connectivity index (χ1v) is 6.47. The van der Waals surface area contributed by atoms with E-state index in [1.165, 1.54) is 0 Å².